The molecule has 0 bridgehead atoms. The number of hydrogen-bond acceptors (Lipinski definition) is 6. The predicted molar refractivity (Wildman–Crippen MR) is 113 cm³/mol. The van der Waals surface area contributed by atoms with Crippen LogP contribution >= 0.6 is 11.3 Å². The first kappa shape index (κ1) is 21.1. The number of aromatic nitrogens is 4. The molecule has 1 aromatic carbocycles. The highest BCUT2D eigenvalue weighted by molar-refractivity contribution is 7.15. The molecule has 0 atom stereocenters. The van der Waals surface area contributed by atoms with Crippen LogP contribution in [-0.4, -0.2) is 39.3 Å². The van der Waals surface area contributed by atoms with Crippen molar-refractivity contribution in [1.82, 2.24) is 19.8 Å². The highest BCUT2D eigenvalue weighted by atomic mass is 32.1. The maximum absolute atomic E-state index is 12.8. The summed E-state index contributed by atoms with van der Waals surface area (Å²) in [6.07, 6.45) is -0.705. The zero-order chi connectivity index (χ0) is 22.1. The lowest BCUT2D eigenvalue weighted by atomic mass is 9.99. The van der Waals surface area contributed by atoms with E-state index < -0.39 is 11.8 Å². The van der Waals surface area contributed by atoms with E-state index in [1.807, 2.05) is 24.3 Å². The van der Waals surface area contributed by atoms with Gasteiger partial charge in [0.05, 0.1) is 13.1 Å². The molecule has 0 spiro atoms. The summed E-state index contributed by atoms with van der Waals surface area (Å²) in [7, 11) is 1.78. The SMILES string of the molecule is CN1C(=O)CCc2cc(-c3ccc(Cn4nnn(CC(CN)=C(F)F)c4=O)s3)ccc21. The number of nitrogens with two attached hydrogens (primary N) is 1. The molecule has 1 aliphatic rings. The Hall–Kier alpha value is -3.18. The zero-order valence-corrected chi connectivity index (χ0v) is 17.5. The van der Waals surface area contributed by atoms with Crippen molar-refractivity contribution in [3.8, 4) is 10.4 Å². The summed E-state index contributed by atoms with van der Waals surface area (Å²) in [6.45, 7) is -0.564. The van der Waals surface area contributed by atoms with Crippen LogP contribution in [-0.2, 0) is 24.3 Å². The lowest BCUT2D eigenvalue weighted by Crippen LogP contribution is -2.30. The van der Waals surface area contributed by atoms with Gasteiger partial charge in [-0.3, -0.25) is 4.79 Å². The number of benzene rings is 1. The summed E-state index contributed by atoms with van der Waals surface area (Å²) in [4.78, 5) is 27.8. The average Bonchev–Trinajstić information content (AvgIpc) is 3.36. The maximum Gasteiger partial charge on any atom is 0.364 e. The van der Waals surface area contributed by atoms with Crippen LogP contribution in [0.5, 0.6) is 0 Å². The van der Waals surface area contributed by atoms with E-state index in [0.717, 1.165) is 35.9 Å². The second-order valence-electron chi connectivity index (χ2n) is 7.21. The van der Waals surface area contributed by atoms with E-state index in [9.17, 15) is 18.4 Å². The highest BCUT2D eigenvalue weighted by Gasteiger charge is 2.21. The molecule has 1 aliphatic heterocycles. The van der Waals surface area contributed by atoms with Gasteiger partial charge in [-0.1, -0.05) is 6.07 Å². The third-order valence-corrected chi connectivity index (χ3v) is 6.35. The van der Waals surface area contributed by atoms with E-state index in [1.54, 1.807) is 11.9 Å². The lowest BCUT2D eigenvalue weighted by molar-refractivity contribution is -0.118. The summed E-state index contributed by atoms with van der Waals surface area (Å²) in [6, 6.07) is 9.86. The number of nitrogens with zero attached hydrogens (tertiary/aromatic N) is 5. The normalized spacial score (nSPS) is 13.4. The maximum atomic E-state index is 12.8. The first-order valence-electron chi connectivity index (χ1n) is 9.59. The van der Waals surface area contributed by atoms with E-state index in [2.05, 4.69) is 16.5 Å². The molecule has 0 saturated carbocycles. The van der Waals surface area contributed by atoms with Gasteiger partial charge in [-0.2, -0.15) is 18.1 Å². The van der Waals surface area contributed by atoms with Gasteiger partial charge in [-0.15, -0.1) is 11.3 Å². The van der Waals surface area contributed by atoms with Crippen molar-refractivity contribution in [3.63, 3.8) is 0 Å². The third kappa shape index (κ3) is 4.19. The van der Waals surface area contributed by atoms with Gasteiger partial charge in [-0.25, -0.2) is 4.79 Å². The van der Waals surface area contributed by atoms with Crippen LogP contribution in [0.2, 0.25) is 0 Å². The average molecular weight is 446 g/mol. The third-order valence-electron chi connectivity index (χ3n) is 5.23. The van der Waals surface area contributed by atoms with Gasteiger partial charge >= 0.3 is 5.69 Å². The zero-order valence-electron chi connectivity index (χ0n) is 16.7. The van der Waals surface area contributed by atoms with Crippen LogP contribution in [0, 0.1) is 0 Å². The van der Waals surface area contributed by atoms with Gasteiger partial charge in [0, 0.05) is 41.0 Å². The molecule has 1 amide bonds. The number of carbonyl (C=O) groups excluding carboxylic acids is 1. The van der Waals surface area contributed by atoms with Gasteiger partial charge in [-0.05, 0) is 52.2 Å². The van der Waals surface area contributed by atoms with Crippen molar-refractivity contribution < 1.29 is 13.6 Å². The first-order chi connectivity index (χ1) is 14.9. The van der Waals surface area contributed by atoms with E-state index in [4.69, 9.17) is 5.73 Å². The molecule has 0 fully saturated rings. The van der Waals surface area contributed by atoms with Crippen LogP contribution in [0.1, 0.15) is 16.9 Å². The van der Waals surface area contributed by atoms with E-state index in [0.29, 0.717) is 12.8 Å². The molecule has 4 rings (SSSR count). The molecule has 8 nitrogen and oxygen atoms in total. The number of rotatable bonds is 6. The minimum atomic E-state index is -1.91. The van der Waals surface area contributed by atoms with Crippen LogP contribution in [0.3, 0.4) is 0 Å². The summed E-state index contributed by atoms with van der Waals surface area (Å²) < 4.78 is 27.6. The minimum absolute atomic E-state index is 0.112. The number of hydrogen-bond donors (Lipinski definition) is 1. The van der Waals surface area contributed by atoms with Crippen LogP contribution in [0.15, 0.2) is 46.8 Å². The van der Waals surface area contributed by atoms with Gasteiger partial charge in [0.15, 0.2) is 0 Å². The quantitative estimate of drug-likeness (QED) is 0.626. The monoisotopic (exact) mass is 446 g/mol. The van der Waals surface area contributed by atoms with E-state index in [1.165, 1.54) is 11.3 Å². The standard InChI is InChI=1S/C20H20F2N6O2S/c1-26-16-5-2-13(8-12(16)3-7-18(26)29)17-6-4-15(31-17)11-28-20(30)27(24-25-28)10-14(9-23)19(21)22/h2,4-6,8H,3,7,9-11,23H2,1H3. The molecule has 0 saturated heterocycles. The molecule has 0 unspecified atom stereocenters. The fraction of sp³-hybridized carbons (Fsp3) is 0.300. The van der Waals surface area contributed by atoms with Gasteiger partial charge in [0.2, 0.25) is 5.91 Å². The summed E-state index contributed by atoms with van der Waals surface area (Å²) >= 11 is 1.51. The molecular formula is C20H20F2N6O2S. The largest absolute Gasteiger partial charge is 0.364 e. The summed E-state index contributed by atoms with van der Waals surface area (Å²) in [5, 5.41) is 7.47. The second kappa shape index (κ2) is 8.52. The second-order valence-corrected chi connectivity index (χ2v) is 8.38. The van der Waals surface area contributed by atoms with Crippen molar-refractivity contribution in [2.75, 3.05) is 18.5 Å². The number of thiophene rings is 1. The van der Waals surface area contributed by atoms with Gasteiger partial charge in [0.1, 0.15) is 0 Å². The summed E-state index contributed by atoms with van der Waals surface area (Å²) in [5.74, 6) is 0.112. The number of halogens is 2. The number of anilines is 1. The van der Waals surface area contributed by atoms with Crippen molar-refractivity contribution >= 4 is 22.9 Å². The molecule has 3 heterocycles. The number of tetrazole rings is 1. The molecular weight excluding hydrogens is 426 g/mol. The highest BCUT2D eigenvalue weighted by Crippen LogP contribution is 2.34. The molecule has 2 N–H and O–H groups in total. The topological polar surface area (TPSA) is 99.0 Å². The molecule has 0 radical (unpaired) electrons. The Morgan fingerprint density at radius 2 is 1.90 bits per heavy atom. The minimum Gasteiger partial charge on any atom is -0.327 e. The lowest BCUT2D eigenvalue weighted by Gasteiger charge is -2.26. The fourth-order valence-corrected chi connectivity index (χ4v) is 4.45. The number of fused-ring (bicyclic) bond motifs is 1. The molecule has 3 aromatic rings. The van der Waals surface area contributed by atoms with Crippen molar-refractivity contribution in [3.05, 3.63) is 62.9 Å². The Morgan fingerprint density at radius 1 is 1.13 bits per heavy atom. The van der Waals surface area contributed by atoms with E-state index in [-0.39, 0.29) is 31.1 Å². The Morgan fingerprint density at radius 3 is 2.65 bits per heavy atom. The van der Waals surface area contributed by atoms with Crippen LogP contribution in [0.25, 0.3) is 10.4 Å². The predicted octanol–water partition coefficient (Wildman–Crippen LogP) is 2.23. The number of carbonyl (C=O) groups is 1. The van der Waals surface area contributed by atoms with Crippen molar-refractivity contribution in [2.45, 2.75) is 25.9 Å². The molecule has 11 heteroatoms. The number of amides is 1. The Balaban J connectivity index is 1.53. The van der Waals surface area contributed by atoms with Crippen molar-refractivity contribution in [2.24, 2.45) is 5.73 Å². The van der Waals surface area contributed by atoms with E-state index >= 15 is 0 Å². The first-order valence-corrected chi connectivity index (χ1v) is 10.4. The number of aryl methyl sites for hydroxylation is 1. The van der Waals surface area contributed by atoms with Crippen molar-refractivity contribution in [1.29, 1.82) is 0 Å². The summed E-state index contributed by atoms with van der Waals surface area (Å²) in [5.41, 5.74) is 7.44. The Kier molecular flexibility index (Phi) is 5.79. The molecule has 31 heavy (non-hydrogen) atoms. The Labute approximate surface area is 180 Å². The Bertz CT molecular complexity index is 1220. The smallest absolute Gasteiger partial charge is 0.327 e. The molecule has 2 aromatic heterocycles. The van der Waals surface area contributed by atoms with Crippen LogP contribution < -0.4 is 16.3 Å². The fourth-order valence-electron chi connectivity index (χ4n) is 3.46. The van der Waals surface area contributed by atoms with Gasteiger partial charge < -0.3 is 10.6 Å². The van der Waals surface area contributed by atoms with Gasteiger partial charge in [0.25, 0.3) is 6.08 Å². The molecule has 0 aliphatic carbocycles. The van der Waals surface area contributed by atoms with Crippen LogP contribution in [0.4, 0.5) is 14.5 Å². The molecule has 162 valence electrons.